The second kappa shape index (κ2) is 14.9. The monoisotopic (exact) mass is 229 g/mol. The van der Waals surface area contributed by atoms with Crippen molar-refractivity contribution < 1.29 is 4.39 Å². The highest BCUT2D eigenvalue weighted by Gasteiger charge is 1.93. The Hall–Kier alpha value is -0.0700. The van der Waals surface area contributed by atoms with E-state index in [4.69, 9.17) is 0 Å². The van der Waals surface area contributed by atoms with Gasteiger partial charge in [-0.3, -0.25) is 4.39 Å². The van der Waals surface area contributed by atoms with Crippen LogP contribution in [0.25, 0.3) is 0 Å². The zero-order chi connectivity index (χ0) is 11.9. The molecular weight excluding hydrogens is 199 g/mol. The maximum Gasteiger partial charge on any atom is 0.0894 e. The average molecular weight is 229 g/mol. The van der Waals surface area contributed by atoms with Crippen LogP contribution in [0, 0.1) is 6.92 Å². The van der Waals surface area contributed by atoms with Gasteiger partial charge in [-0.05, 0) is 6.42 Å². The fourth-order valence-electron chi connectivity index (χ4n) is 2.04. The lowest BCUT2D eigenvalue weighted by Gasteiger charge is -2.02. The number of hydrogen-bond acceptors (Lipinski definition) is 0. The van der Waals surface area contributed by atoms with E-state index in [1.165, 1.54) is 64.2 Å². The number of alkyl halides is 1. The van der Waals surface area contributed by atoms with E-state index in [-0.39, 0.29) is 6.67 Å². The van der Waals surface area contributed by atoms with Gasteiger partial charge in [0.25, 0.3) is 0 Å². The molecule has 0 fully saturated rings. The molecule has 0 atom stereocenters. The van der Waals surface area contributed by atoms with Crippen LogP contribution in [0.3, 0.4) is 0 Å². The Kier molecular flexibility index (Phi) is 14.9. The molecule has 0 aliphatic rings. The third-order valence-corrected chi connectivity index (χ3v) is 3.13. The smallest absolute Gasteiger partial charge is 0.0894 e. The van der Waals surface area contributed by atoms with Crippen molar-refractivity contribution in [2.24, 2.45) is 0 Å². The van der Waals surface area contributed by atoms with Crippen molar-refractivity contribution in [3.8, 4) is 0 Å². The second-order valence-electron chi connectivity index (χ2n) is 4.79. The van der Waals surface area contributed by atoms with Crippen LogP contribution in [-0.4, -0.2) is 6.67 Å². The number of halogens is 1. The Bertz CT molecular complexity index is 98.0. The van der Waals surface area contributed by atoms with Gasteiger partial charge in [0, 0.05) is 0 Å². The van der Waals surface area contributed by atoms with E-state index in [2.05, 4.69) is 6.92 Å². The lowest BCUT2D eigenvalue weighted by Crippen LogP contribution is -1.83. The zero-order valence-electron chi connectivity index (χ0n) is 11.0. The van der Waals surface area contributed by atoms with Gasteiger partial charge in [0.05, 0.1) is 6.67 Å². The second-order valence-corrected chi connectivity index (χ2v) is 4.79. The van der Waals surface area contributed by atoms with E-state index in [0.717, 1.165) is 19.3 Å². The highest BCUT2D eigenvalue weighted by Crippen LogP contribution is 2.12. The Morgan fingerprint density at radius 1 is 0.500 bits per heavy atom. The number of hydrogen-bond donors (Lipinski definition) is 0. The van der Waals surface area contributed by atoms with E-state index in [0.29, 0.717) is 0 Å². The summed E-state index contributed by atoms with van der Waals surface area (Å²) in [5.41, 5.74) is 0. The summed E-state index contributed by atoms with van der Waals surface area (Å²) in [6.07, 6.45) is 16.5. The molecule has 97 valence electrons. The van der Waals surface area contributed by atoms with Gasteiger partial charge in [-0.25, -0.2) is 0 Å². The lowest BCUT2D eigenvalue weighted by atomic mass is 10.0. The summed E-state index contributed by atoms with van der Waals surface area (Å²) < 4.78 is 11.8. The van der Waals surface area contributed by atoms with Crippen molar-refractivity contribution in [2.75, 3.05) is 6.67 Å². The molecular formula is C15H30F. The van der Waals surface area contributed by atoms with E-state index in [1.54, 1.807) is 0 Å². The molecule has 0 N–H and O–H groups in total. The number of rotatable bonds is 13. The minimum atomic E-state index is -0.132. The third kappa shape index (κ3) is 13.9. The Labute approximate surface area is 102 Å². The molecule has 0 spiro atoms. The summed E-state index contributed by atoms with van der Waals surface area (Å²) in [5, 5.41) is 0. The van der Waals surface area contributed by atoms with Crippen molar-refractivity contribution in [1.29, 1.82) is 0 Å². The van der Waals surface area contributed by atoms with Gasteiger partial charge in [0.2, 0.25) is 0 Å². The van der Waals surface area contributed by atoms with Crippen LogP contribution in [0.4, 0.5) is 4.39 Å². The van der Waals surface area contributed by atoms with Gasteiger partial charge < -0.3 is 0 Å². The predicted octanol–water partition coefficient (Wildman–Crippen LogP) is 5.86. The topological polar surface area (TPSA) is 0 Å². The highest BCUT2D eigenvalue weighted by atomic mass is 19.1. The van der Waals surface area contributed by atoms with Crippen molar-refractivity contribution in [2.45, 2.75) is 83.5 Å². The molecule has 0 aromatic carbocycles. The third-order valence-electron chi connectivity index (χ3n) is 3.13. The van der Waals surface area contributed by atoms with Crippen LogP contribution in [0.1, 0.15) is 83.5 Å². The van der Waals surface area contributed by atoms with Gasteiger partial charge in [-0.2, -0.15) is 0 Å². The lowest BCUT2D eigenvalue weighted by molar-refractivity contribution is 0.448. The quantitative estimate of drug-likeness (QED) is 0.347. The van der Waals surface area contributed by atoms with Crippen molar-refractivity contribution in [3.63, 3.8) is 0 Å². The molecule has 0 nitrogen and oxygen atoms in total. The maximum atomic E-state index is 11.8. The van der Waals surface area contributed by atoms with E-state index >= 15 is 0 Å². The first-order valence-electron chi connectivity index (χ1n) is 7.27. The largest absolute Gasteiger partial charge is 0.251 e. The molecule has 0 saturated carbocycles. The Morgan fingerprint density at radius 2 is 0.812 bits per heavy atom. The van der Waals surface area contributed by atoms with Crippen molar-refractivity contribution >= 4 is 0 Å². The molecule has 0 aliphatic heterocycles. The van der Waals surface area contributed by atoms with Gasteiger partial charge in [0.1, 0.15) is 0 Å². The Morgan fingerprint density at radius 3 is 1.12 bits per heavy atom. The normalized spacial score (nSPS) is 10.9. The fourth-order valence-corrected chi connectivity index (χ4v) is 2.04. The molecule has 0 aliphatic carbocycles. The van der Waals surface area contributed by atoms with Crippen LogP contribution >= 0.6 is 0 Å². The molecule has 1 radical (unpaired) electrons. The summed E-state index contributed by atoms with van der Waals surface area (Å²) in [6, 6.07) is 0. The minimum Gasteiger partial charge on any atom is -0.251 e. The van der Waals surface area contributed by atoms with E-state index in [9.17, 15) is 4.39 Å². The summed E-state index contributed by atoms with van der Waals surface area (Å²) >= 11 is 0. The highest BCUT2D eigenvalue weighted by molar-refractivity contribution is 4.49. The van der Waals surface area contributed by atoms with Crippen LogP contribution < -0.4 is 0 Å². The van der Waals surface area contributed by atoms with Crippen LogP contribution in [0.2, 0.25) is 0 Å². The molecule has 1 heteroatoms. The van der Waals surface area contributed by atoms with E-state index in [1.807, 2.05) is 0 Å². The van der Waals surface area contributed by atoms with Gasteiger partial charge >= 0.3 is 0 Å². The molecule has 0 aromatic rings. The van der Waals surface area contributed by atoms with Crippen LogP contribution in [-0.2, 0) is 0 Å². The molecule has 0 amide bonds. The van der Waals surface area contributed by atoms with Crippen molar-refractivity contribution in [1.82, 2.24) is 0 Å². The molecule has 0 saturated heterocycles. The van der Waals surface area contributed by atoms with Gasteiger partial charge in [-0.1, -0.05) is 84.0 Å². The summed E-state index contributed by atoms with van der Waals surface area (Å²) in [4.78, 5) is 0. The first kappa shape index (κ1) is 15.9. The Balaban J connectivity index is 2.83. The molecule has 0 rings (SSSR count). The number of unbranched alkanes of at least 4 members (excludes halogenated alkanes) is 12. The van der Waals surface area contributed by atoms with Gasteiger partial charge in [0.15, 0.2) is 0 Å². The zero-order valence-corrected chi connectivity index (χ0v) is 11.0. The fraction of sp³-hybridized carbons (Fsp3) is 0.933. The summed E-state index contributed by atoms with van der Waals surface area (Å²) in [5.74, 6) is 0. The molecule has 16 heavy (non-hydrogen) atoms. The van der Waals surface area contributed by atoms with E-state index < -0.39 is 0 Å². The molecule has 0 aromatic heterocycles. The first-order chi connectivity index (χ1) is 7.91. The van der Waals surface area contributed by atoms with Crippen molar-refractivity contribution in [3.05, 3.63) is 6.92 Å². The standard InChI is InChI=1S/C15H30F/c1-2-3-4-5-6-7-8-9-10-11-12-13-14-15-16/h1-15H2. The molecule has 0 unspecified atom stereocenters. The summed E-state index contributed by atoms with van der Waals surface area (Å²) in [7, 11) is 0. The SMILES string of the molecule is [CH2]CCCCCCCCCCCCCCF. The van der Waals surface area contributed by atoms with Gasteiger partial charge in [-0.15, -0.1) is 0 Å². The van der Waals surface area contributed by atoms with Crippen LogP contribution in [0.15, 0.2) is 0 Å². The first-order valence-corrected chi connectivity index (χ1v) is 7.27. The molecule has 0 heterocycles. The average Bonchev–Trinajstić information content (AvgIpc) is 2.31. The van der Waals surface area contributed by atoms with Crippen LogP contribution in [0.5, 0.6) is 0 Å². The molecule has 0 bridgehead atoms. The summed E-state index contributed by atoms with van der Waals surface area (Å²) in [6.45, 7) is 3.72. The maximum absolute atomic E-state index is 11.8. The predicted molar refractivity (Wildman–Crippen MR) is 71.4 cm³/mol. The minimum absolute atomic E-state index is 0.132.